The van der Waals surface area contributed by atoms with Crippen molar-refractivity contribution < 1.29 is 4.57 Å². The lowest BCUT2D eigenvalue weighted by molar-refractivity contribution is -0.659. The number of aromatic nitrogens is 2. The molecule has 1 heterocycles. The highest BCUT2D eigenvalue weighted by molar-refractivity contribution is 6.87. The normalized spacial score (nSPS) is 12.2. The quantitative estimate of drug-likeness (QED) is 0.469. The molecule has 74 valence electrons. The zero-order valence-corrected chi connectivity index (χ0v) is 10.9. The van der Waals surface area contributed by atoms with Crippen molar-refractivity contribution in [3.63, 3.8) is 0 Å². The van der Waals surface area contributed by atoms with Gasteiger partial charge in [0.05, 0.1) is 14.1 Å². The van der Waals surface area contributed by atoms with Crippen LogP contribution >= 0.6 is 0 Å². The summed E-state index contributed by atoms with van der Waals surface area (Å²) in [6.07, 6.45) is 0. The van der Waals surface area contributed by atoms with Gasteiger partial charge in [-0.25, -0.2) is 9.13 Å². The summed E-state index contributed by atoms with van der Waals surface area (Å²) in [5.74, 6) is 0. The Balaban J connectivity index is 3.47. The van der Waals surface area contributed by atoms with Gasteiger partial charge in [-0.1, -0.05) is 19.6 Å². The molecule has 1 aromatic rings. The Kier molecular flexibility index (Phi) is 2.41. The molecule has 0 bridgehead atoms. The highest BCUT2D eigenvalue weighted by Crippen LogP contribution is 2.04. The summed E-state index contributed by atoms with van der Waals surface area (Å²) >= 11 is 0. The zero-order valence-electron chi connectivity index (χ0n) is 9.89. The first-order valence-corrected chi connectivity index (χ1v) is 8.29. The van der Waals surface area contributed by atoms with Gasteiger partial charge in [-0.3, -0.25) is 0 Å². The van der Waals surface area contributed by atoms with E-state index in [1.165, 1.54) is 16.8 Å². The summed E-state index contributed by atoms with van der Waals surface area (Å²) in [7, 11) is 3.15. The fourth-order valence-corrected chi connectivity index (χ4v) is 4.38. The van der Waals surface area contributed by atoms with Crippen molar-refractivity contribution in [2.24, 2.45) is 14.1 Å². The molecule has 0 saturated heterocycles. The van der Waals surface area contributed by atoms with Gasteiger partial charge >= 0.3 is 0 Å². The van der Waals surface area contributed by atoms with E-state index in [9.17, 15) is 0 Å². The number of nitrogens with zero attached hydrogens (tertiary/aromatic N) is 2. The number of rotatable bonds is 1. The van der Waals surface area contributed by atoms with E-state index in [0.717, 1.165) is 0 Å². The fraction of sp³-hybridized carbons (Fsp3) is 0.700. The van der Waals surface area contributed by atoms with Gasteiger partial charge in [0.25, 0.3) is 0 Å². The monoisotopic (exact) mass is 197 g/mol. The second-order valence-electron chi connectivity index (χ2n) is 4.86. The van der Waals surface area contributed by atoms with Crippen LogP contribution in [0.2, 0.25) is 19.6 Å². The standard InChI is InChI=1S/C10H21N2Si/c1-8-9(2)12(4)10(11(8)3)13(5,6)7/h1-7H3/q+1. The van der Waals surface area contributed by atoms with Crippen LogP contribution < -0.4 is 10.0 Å². The van der Waals surface area contributed by atoms with E-state index in [0.29, 0.717) is 0 Å². The lowest BCUT2D eigenvalue weighted by Gasteiger charge is -2.11. The summed E-state index contributed by atoms with van der Waals surface area (Å²) in [6, 6.07) is 0. The van der Waals surface area contributed by atoms with Gasteiger partial charge in [0, 0.05) is 13.8 Å². The van der Waals surface area contributed by atoms with E-state index in [1.807, 2.05) is 0 Å². The lowest BCUT2D eigenvalue weighted by Crippen LogP contribution is -2.60. The Morgan fingerprint density at radius 1 is 1.15 bits per heavy atom. The molecule has 1 rings (SSSR count). The lowest BCUT2D eigenvalue weighted by atomic mass is 10.4. The van der Waals surface area contributed by atoms with Crippen LogP contribution in [0.5, 0.6) is 0 Å². The van der Waals surface area contributed by atoms with Crippen LogP contribution in [0.1, 0.15) is 11.4 Å². The van der Waals surface area contributed by atoms with Gasteiger partial charge in [0.2, 0.25) is 5.45 Å². The maximum Gasteiger partial charge on any atom is 0.220 e. The minimum Gasteiger partial charge on any atom is -0.240 e. The molecule has 0 atom stereocenters. The summed E-state index contributed by atoms with van der Waals surface area (Å²) in [5, 5.41) is 0. The molecule has 0 aromatic carbocycles. The van der Waals surface area contributed by atoms with Crippen molar-refractivity contribution in [3.05, 3.63) is 11.4 Å². The average Bonchev–Trinajstić information content (AvgIpc) is 2.14. The first-order chi connectivity index (χ1) is 5.76. The van der Waals surface area contributed by atoms with Gasteiger partial charge < -0.3 is 0 Å². The van der Waals surface area contributed by atoms with Crippen molar-refractivity contribution in [1.29, 1.82) is 0 Å². The molecular formula is C10H21N2Si+. The third-order valence-electron chi connectivity index (χ3n) is 2.84. The second-order valence-corrected chi connectivity index (χ2v) is 9.81. The number of imidazole rings is 1. The Morgan fingerprint density at radius 3 is 1.77 bits per heavy atom. The molecule has 0 saturated carbocycles. The minimum absolute atomic E-state index is 1.21. The second kappa shape index (κ2) is 2.98. The molecule has 13 heavy (non-hydrogen) atoms. The van der Waals surface area contributed by atoms with E-state index in [1.54, 1.807) is 0 Å². The smallest absolute Gasteiger partial charge is 0.220 e. The third-order valence-corrected chi connectivity index (χ3v) is 4.85. The summed E-state index contributed by atoms with van der Waals surface area (Å²) in [5.41, 5.74) is 4.29. The van der Waals surface area contributed by atoms with Crippen molar-refractivity contribution in [3.8, 4) is 0 Å². The summed E-state index contributed by atoms with van der Waals surface area (Å²) < 4.78 is 4.70. The van der Waals surface area contributed by atoms with E-state index < -0.39 is 8.07 Å². The summed E-state index contributed by atoms with van der Waals surface area (Å²) in [6.45, 7) is 11.6. The SMILES string of the molecule is Cc1c(C)[n+](C)c([Si](C)(C)C)n1C. The predicted molar refractivity (Wildman–Crippen MR) is 59.0 cm³/mol. The zero-order chi connectivity index (χ0) is 10.4. The van der Waals surface area contributed by atoms with Crippen LogP contribution in [0.25, 0.3) is 0 Å². The average molecular weight is 197 g/mol. The first-order valence-electron chi connectivity index (χ1n) is 4.79. The molecule has 0 amide bonds. The van der Waals surface area contributed by atoms with E-state index in [-0.39, 0.29) is 0 Å². The number of hydrogen-bond donors (Lipinski definition) is 0. The molecule has 0 aliphatic rings. The van der Waals surface area contributed by atoms with E-state index >= 15 is 0 Å². The Hall–Kier alpha value is -0.573. The van der Waals surface area contributed by atoms with Gasteiger partial charge in [0.1, 0.15) is 11.4 Å². The number of hydrogen-bond acceptors (Lipinski definition) is 0. The molecule has 0 radical (unpaired) electrons. The van der Waals surface area contributed by atoms with Crippen LogP contribution in [-0.2, 0) is 14.1 Å². The molecule has 2 nitrogen and oxygen atoms in total. The molecule has 0 aliphatic heterocycles. The topological polar surface area (TPSA) is 8.81 Å². The van der Waals surface area contributed by atoms with Gasteiger partial charge in [-0.2, -0.15) is 0 Å². The molecule has 0 aliphatic carbocycles. The minimum atomic E-state index is -1.21. The Bertz CT molecular complexity index is 306. The van der Waals surface area contributed by atoms with Crippen molar-refractivity contribution in [1.82, 2.24) is 4.57 Å². The maximum atomic E-state index is 2.39. The van der Waals surface area contributed by atoms with Crippen molar-refractivity contribution >= 4 is 13.5 Å². The largest absolute Gasteiger partial charge is 0.240 e. The molecule has 0 spiro atoms. The van der Waals surface area contributed by atoms with Gasteiger partial charge in [-0.15, -0.1) is 0 Å². The van der Waals surface area contributed by atoms with Gasteiger partial charge in [0.15, 0.2) is 8.07 Å². The molecule has 0 unspecified atom stereocenters. The van der Waals surface area contributed by atoms with Crippen LogP contribution in [0.15, 0.2) is 0 Å². The molecule has 3 heteroatoms. The van der Waals surface area contributed by atoms with E-state index in [4.69, 9.17) is 0 Å². The molecule has 0 N–H and O–H groups in total. The fourth-order valence-electron chi connectivity index (χ4n) is 2.03. The van der Waals surface area contributed by atoms with E-state index in [2.05, 4.69) is 56.7 Å². The predicted octanol–water partition coefficient (Wildman–Crippen LogP) is 1.01. The van der Waals surface area contributed by atoms with Crippen LogP contribution in [0.3, 0.4) is 0 Å². The Morgan fingerprint density at radius 2 is 1.62 bits per heavy atom. The van der Waals surface area contributed by atoms with Crippen LogP contribution in [0.4, 0.5) is 0 Å². The van der Waals surface area contributed by atoms with Crippen LogP contribution in [0, 0.1) is 13.8 Å². The van der Waals surface area contributed by atoms with Gasteiger partial charge in [-0.05, 0) is 0 Å². The van der Waals surface area contributed by atoms with Crippen molar-refractivity contribution in [2.45, 2.75) is 33.5 Å². The first kappa shape index (κ1) is 10.5. The van der Waals surface area contributed by atoms with Crippen molar-refractivity contribution in [2.75, 3.05) is 0 Å². The molecular weight excluding hydrogens is 176 g/mol. The highest BCUT2D eigenvalue weighted by atomic mass is 28.3. The molecule has 1 aromatic heterocycles. The third kappa shape index (κ3) is 1.57. The maximum absolute atomic E-state index is 2.39. The Labute approximate surface area is 82.2 Å². The molecule has 0 fully saturated rings. The summed E-state index contributed by atoms with van der Waals surface area (Å²) in [4.78, 5) is 0. The highest BCUT2D eigenvalue weighted by Gasteiger charge is 2.33. The van der Waals surface area contributed by atoms with Crippen LogP contribution in [-0.4, -0.2) is 12.6 Å².